The smallest absolute Gasteiger partial charge is 0.138 e. The molecule has 0 aliphatic heterocycles. The Kier molecular flexibility index (Phi) is 5.02. The van der Waals surface area contributed by atoms with E-state index in [1.165, 1.54) is 6.33 Å². The minimum atomic E-state index is 0.484. The van der Waals surface area contributed by atoms with Gasteiger partial charge in [-0.3, -0.25) is 0 Å². The largest absolute Gasteiger partial charge is 0.339 e. The highest BCUT2D eigenvalue weighted by Crippen LogP contribution is 2.33. The highest BCUT2D eigenvalue weighted by molar-refractivity contribution is 9.10. The van der Waals surface area contributed by atoms with Crippen LogP contribution < -0.4 is 5.32 Å². The zero-order chi connectivity index (χ0) is 13.8. The van der Waals surface area contributed by atoms with Crippen LogP contribution in [0.25, 0.3) is 0 Å². The van der Waals surface area contributed by atoms with Crippen molar-refractivity contribution in [2.45, 2.75) is 19.8 Å². The lowest BCUT2D eigenvalue weighted by atomic mass is 10.2. The monoisotopic (exact) mass is 359 g/mol. The van der Waals surface area contributed by atoms with Crippen molar-refractivity contribution in [1.29, 1.82) is 0 Å². The number of hydrogen-bond donors (Lipinski definition) is 1. The molecule has 1 N–H and O–H groups in total. The van der Waals surface area contributed by atoms with Crippen molar-refractivity contribution in [1.82, 2.24) is 9.97 Å². The molecule has 0 aliphatic rings. The first-order valence-corrected chi connectivity index (χ1v) is 7.38. The Morgan fingerprint density at radius 1 is 1.26 bits per heavy atom. The highest BCUT2D eigenvalue weighted by Gasteiger charge is 2.11. The van der Waals surface area contributed by atoms with Gasteiger partial charge in [-0.1, -0.05) is 42.6 Å². The minimum absolute atomic E-state index is 0.484. The van der Waals surface area contributed by atoms with E-state index in [0.29, 0.717) is 16.0 Å². The Labute approximate surface area is 130 Å². The number of nitrogens with one attached hydrogen (secondary N) is 1. The molecular weight excluding hydrogens is 349 g/mol. The predicted molar refractivity (Wildman–Crippen MR) is 83.5 cm³/mol. The van der Waals surface area contributed by atoms with E-state index >= 15 is 0 Å². The molecule has 0 saturated heterocycles. The van der Waals surface area contributed by atoms with Crippen molar-refractivity contribution in [2.24, 2.45) is 0 Å². The first-order chi connectivity index (χ1) is 9.13. The normalized spacial score (nSPS) is 10.5. The Hall–Kier alpha value is -0.840. The predicted octanol–water partition coefficient (Wildman–Crippen LogP) is 5.24. The summed E-state index contributed by atoms with van der Waals surface area (Å²) < 4.78 is 0.800. The summed E-state index contributed by atoms with van der Waals surface area (Å²) in [5.74, 6) is 0.713. The van der Waals surface area contributed by atoms with E-state index in [2.05, 4.69) is 38.1 Å². The van der Waals surface area contributed by atoms with Crippen molar-refractivity contribution in [3.8, 4) is 0 Å². The molecule has 0 saturated carbocycles. The molecule has 100 valence electrons. The number of aromatic nitrogens is 2. The number of nitrogens with zero attached hydrogens (tertiary/aromatic N) is 2. The quantitative estimate of drug-likeness (QED) is 0.757. The summed E-state index contributed by atoms with van der Waals surface area (Å²) in [6, 6.07) is 5.61. The molecule has 0 radical (unpaired) electrons. The molecule has 2 rings (SSSR count). The van der Waals surface area contributed by atoms with Crippen LogP contribution in [0.1, 0.15) is 18.9 Å². The minimum Gasteiger partial charge on any atom is -0.339 e. The van der Waals surface area contributed by atoms with Crippen LogP contribution in [0.5, 0.6) is 0 Å². The van der Waals surface area contributed by atoms with Gasteiger partial charge in [-0.25, -0.2) is 9.97 Å². The molecule has 0 amide bonds. The molecule has 0 atom stereocenters. The Morgan fingerprint density at radius 2 is 2.05 bits per heavy atom. The summed E-state index contributed by atoms with van der Waals surface area (Å²) in [5, 5.41) is 4.37. The van der Waals surface area contributed by atoms with Crippen LogP contribution in [0.3, 0.4) is 0 Å². The fraction of sp³-hybridized carbons (Fsp3) is 0.231. The Balaban J connectivity index is 2.38. The molecule has 0 bridgehead atoms. The van der Waals surface area contributed by atoms with Crippen molar-refractivity contribution in [3.05, 3.63) is 44.7 Å². The van der Waals surface area contributed by atoms with Gasteiger partial charge in [-0.2, -0.15) is 0 Å². The summed E-state index contributed by atoms with van der Waals surface area (Å²) >= 11 is 15.6. The number of anilines is 2. The number of halogens is 3. The summed E-state index contributed by atoms with van der Waals surface area (Å²) in [6.45, 7) is 2.09. The number of rotatable bonds is 4. The number of hydrogen-bond acceptors (Lipinski definition) is 3. The van der Waals surface area contributed by atoms with Crippen LogP contribution in [-0.4, -0.2) is 9.97 Å². The Bertz CT molecular complexity index is 590. The van der Waals surface area contributed by atoms with E-state index in [1.54, 1.807) is 0 Å². The topological polar surface area (TPSA) is 37.8 Å². The fourth-order valence-corrected chi connectivity index (χ4v) is 2.46. The van der Waals surface area contributed by atoms with Gasteiger partial charge < -0.3 is 5.32 Å². The molecule has 1 aromatic heterocycles. The van der Waals surface area contributed by atoms with Crippen molar-refractivity contribution in [3.63, 3.8) is 0 Å². The van der Waals surface area contributed by atoms with Crippen LogP contribution in [0.15, 0.2) is 29.0 Å². The third-order valence-electron chi connectivity index (χ3n) is 2.60. The second kappa shape index (κ2) is 6.55. The van der Waals surface area contributed by atoms with Crippen molar-refractivity contribution in [2.75, 3.05) is 5.32 Å². The summed E-state index contributed by atoms with van der Waals surface area (Å²) in [7, 11) is 0. The van der Waals surface area contributed by atoms with Crippen LogP contribution >= 0.6 is 39.1 Å². The molecule has 1 aromatic carbocycles. The summed E-state index contributed by atoms with van der Waals surface area (Å²) in [4.78, 5) is 8.27. The zero-order valence-electron chi connectivity index (χ0n) is 10.3. The lowest BCUT2D eigenvalue weighted by Gasteiger charge is -2.13. The maximum absolute atomic E-state index is 6.12. The van der Waals surface area contributed by atoms with Crippen LogP contribution in [0.2, 0.25) is 10.2 Å². The van der Waals surface area contributed by atoms with E-state index in [0.717, 1.165) is 28.6 Å². The van der Waals surface area contributed by atoms with E-state index in [4.69, 9.17) is 23.2 Å². The molecule has 3 nitrogen and oxygen atoms in total. The average molecular weight is 361 g/mol. The van der Waals surface area contributed by atoms with Gasteiger partial charge in [0.2, 0.25) is 0 Å². The highest BCUT2D eigenvalue weighted by atomic mass is 79.9. The lowest BCUT2D eigenvalue weighted by molar-refractivity contribution is 0.904. The van der Waals surface area contributed by atoms with Crippen molar-refractivity contribution >= 4 is 50.6 Å². The third-order valence-corrected chi connectivity index (χ3v) is 4.32. The SMILES string of the molecule is CCCc1c(Cl)ncnc1Nc1cccc(Cl)c1Br. The van der Waals surface area contributed by atoms with Gasteiger partial charge in [-0.15, -0.1) is 0 Å². The number of benzene rings is 1. The van der Waals surface area contributed by atoms with Crippen molar-refractivity contribution < 1.29 is 0 Å². The molecular formula is C13H12BrCl2N3. The molecule has 2 aromatic rings. The van der Waals surface area contributed by atoms with E-state index in [-0.39, 0.29) is 0 Å². The Morgan fingerprint density at radius 3 is 2.79 bits per heavy atom. The first-order valence-electron chi connectivity index (χ1n) is 5.84. The van der Waals surface area contributed by atoms with Gasteiger partial charge in [-0.05, 0) is 34.5 Å². The van der Waals surface area contributed by atoms with Gasteiger partial charge in [0.25, 0.3) is 0 Å². The van der Waals surface area contributed by atoms with Gasteiger partial charge in [0.05, 0.1) is 15.2 Å². The van der Waals surface area contributed by atoms with E-state index in [9.17, 15) is 0 Å². The summed E-state index contributed by atoms with van der Waals surface area (Å²) in [6.07, 6.45) is 3.24. The summed E-state index contributed by atoms with van der Waals surface area (Å²) in [5.41, 5.74) is 1.76. The average Bonchev–Trinajstić information content (AvgIpc) is 2.39. The fourth-order valence-electron chi connectivity index (χ4n) is 1.70. The van der Waals surface area contributed by atoms with E-state index < -0.39 is 0 Å². The standard InChI is InChI=1S/C13H12BrCl2N3/c1-2-4-8-12(16)17-7-18-13(8)19-10-6-3-5-9(15)11(10)14/h3,5-7H,2,4H2,1H3,(H,17,18,19). The maximum atomic E-state index is 6.12. The zero-order valence-corrected chi connectivity index (χ0v) is 13.3. The molecule has 19 heavy (non-hydrogen) atoms. The second-order valence-electron chi connectivity index (χ2n) is 3.97. The van der Waals surface area contributed by atoms with Gasteiger partial charge in [0, 0.05) is 5.56 Å². The molecule has 0 aliphatic carbocycles. The van der Waals surface area contributed by atoms with Gasteiger partial charge >= 0.3 is 0 Å². The van der Waals surface area contributed by atoms with Gasteiger partial charge in [0.15, 0.2) is 0 Å². The van der Waals surface area contributed by atoms with Crippen LogP contribution in [-0.2, 0) is 6.42 Å². The first kappa shape index (κ1) is 14.6. The van der Waals surface area contributed by atoms with Crippen LogP contribution in [0, 0.1) is 0 Å². The molecule has 1 heterocycles. The molecule has 0 unspecified atom stereocenters. The molecule has 6 heteroatoms. The second-order valence-corrected chi connectivity index (χ2v) is 5.53. The van der Waals surface area contributed by atoms with Crippen LogP contribution in [0.4, 0.5) is 11.5 Å². The maximum Gasteiger partial charge on any atom is 0.138 e. The van der Waals surface area contributed by atoms with Gasteiger partial charge in [0.1, 0.15) is 17.3 Å². The third kappa shape index (κ3) is 3.38. The van der Waals surface area contributed by atoms with E-state index in [1.807, 2.05) is 18.2 Å². The molecule has 0 spiro atoms. The molecule has 0 fully saturated rings. The lowest BCUT2D eigenvalue weighted by Crippen LogP contribution is -2.02.